The molecule has 0 spiro atoms. The summed E-state index contributed by atoms with van der Waals surface area (Å²) in [6, 6.07) is 8.60. The highest BCUT2D eigenvalue weighted by atomic mass is 79.9. The molecule has 2 aliphatic heterocycles. The van der Waals surface area contributed by atoms with Gasteiger partial charge in [-0.3, -0.25) is 4.90 Å². The van der Waals surface area contributed by atoms with E-state index in [1.807, 2.05) is 25.7 Å². The van der Waals surface area contributed by atoms with Crippen LogP contribution in [0.25, 0.3) is 0 Å². The molecule has 2 fully saturated rings. The molecular formula is C23H35BrN2O2. The van der Waals surface area contributed by atoms with Gasteiger partial charge in [-0.25, -0.2) is 4.79 Å². The number of halogens is 1. The summed E-state index contributed by atoms with van der Waals surface area (Å²) in [7, 11) is 0. The van der Waals surface area contributed by atoms with Gasteiger partial charge < -0.3 is 9.64 Å². The fourth-order valence-electron chi connectivity index (χ4n) is 4.47. The standard InChI is InChI=1S/C23H35BrN2O2/c1-22(2,3)28-21(27)25-15-11-23(4,12-16-25)26-13-9-18(10-14-26)17-19-7-5-6-8-20(19)24/h5-8,18H,9-17H2,1-4H3. The molecule has 1 amide bonds. The number of ether oxygens (including phenoxy) is 1. The first-order chi connectivity index (χ1) is 13.2. The molecule has 28 heavy (non-hydrogen) atoms. The van der Waals surface area contributed by atoms with Crippen LogP contribution in [0.2, 0.25) is 0 Å². The third-order valence-corrected chi connectivity index (χ3v) is 7.11. The Hall–Kier alpha value is -1.07. The third kappa shape index (κ3) is 5.50. The average molecular weight is 451 g/mol. The zero-order valence-electron chi connectivity index (χ0n) is 17.8. The van der Waals surface area contributed by atoms with Gasteiger partial charge in [0.25, 0.3) is 0 Å². The van der Waals surface area contributed by atoms with Crippen molar-refractivity contribution >= 4 is 22.0 Å². The van der Waals surface area contributed by atoms with Crippen LogP contribution in [0.5, 0.6) is 0 Å². The number of hydrogen-bond acceptors (Lipinski definition) is 3. The second kappa shape index (κ2) is 8.74. The van der Waals surface area contributed by atoms with Crippen LogP contribution in [0.15, 0.2) is 28.7 Å². The number of nitrogens with zero attached hydrogens (tertiary/aromatic N) is 2. The van der Waals surface area contributed by atoms with E-state index in [-0.39, 0.29) is 11.6 Å². The van der Waals surface area contributed by atoms with Crippen molar-refractivity contribution in [1.29, 1.82) is 0 Å². The molecule has 2 heterocycles. The van der Waals surface area contributed by atoms with E-state index in [1.165, 1.54) is 29.3 Å². The van der Waals surface area contributed by atoms with Crippen molar-refractivity contribution < 1.29 is 9.53 Å². The van der Waals surface area contributed by atoms with Crippen LogP contribution in [0, 0.1) is 5.92 Å². The number of benzene rings is 1. The van der Waals surface area contributed by atoms with E-state index in [0.29, 0.717) is 0 Å². The van der Waals surface area contributed by atoms with E-state index in [1.54, 1.807) is 0 Å². The van der Waals surface area contributed by atoms with Crippen LogP contribution >= 0.6 is 15.9 Å². The Morgan fingerprint density at radius 3 is 2.32 bits per heavy atom. The summed E-state index contributed by atoms with van der Waals surface area (Å²) in [5.41, 5.74) is 1.21. The Kier molecular flexibility index (Phi) is 6.76. The molecule has 3 rings (SSSR count). The fraction of sp³-hybridized carbons (Fsp3) is 0.696. The molecule has 2 aliphatic rings. The molecule has 0 aromatic heterocycles. The molecule has 5 heteroatoms. The smallest absolute Gasteiger partial charge is 0.410 e. The Bertz CT molecular complexity index is 669. The SMILES string of the molecule is CC(C)(C)OC(=O)N1CCC(C)(N2CCC(Cc3ccccc3Br)CC2)CC1. The van der Waals surface area contributed by atoms with E-state index >= 15 is 0 Å². The maximum absolute atomic E-state index is 12.3. The van der Waals surface area contributed by atoms with Crippen molar-refractivity contribution in [3.8, 4) is 0 Å². The predicted molar refractivity (Wildman–Crippen MR) is 118 cm³/mol. The Morgan fingerprint density at radius 1 is 1.14 bits per heavy atom. The van der Waals surface area contributed by atoms with Crippen LogP contribution in [0.4, 0.5) is 4.79 Å². The van der Waals surface area contributed by atoms with Gasteiger partial charge in [-0.2, -0.15) is 0 Å². The third-order valence-electron chi connectivity index (χ3n) is 6.34. The molecule has 156 valence electrons. The number of likely N-dealkylation sites (tertiary alicyclic amines) is 2. The molecule has 2 saturated heterocycles. The highest BCUT2D eigenvalue weighted by Crippen LogP contribution is 2.34. The summed E-state index contributed by atoms with van der Waals surface area (Å²) in [6.07, 6.45) is 5.57. The zero-order valence-corrected chi connectivity index (χ0v) is 19.4. The van der Waals surface area contributed by atoms with Crippen LogP contribution in [0.1, 0.15) is 58.9 Å². The van der Waals surface area contributed by atoms with Gasteiger partial charge in [0.15, 0.2) is 0 Å². The molecule has 0 radical (unpaired) electrons. The highest BCUT2D eigenvalue weighted by molar-refractivity contribution is 9.10. The summed E-state index contributed by atoms with van der Waals surface area (Å²) >= 11 is 3.69. The monoisotopic (exact) mass is 450 g/mol. The summed E-state index contributed by atoms with van der Waals surface area (Å²) in [5.74, 6) is 0.764. The maximum Gasteiger partial charge on any atom is 0.410 e. The molecule has 0 N–H and O–H groups in total. The van der Waals surface area contributed by atoms with Gasteiger partial charge in [-0.15, -0.1) is 0 Å². The lowest BCUT2D eigenvalue weighted by atomic mass is 9.83. The minimum Gasteiger partial charge on any atom is -0.444 e. The highest BCUT2D eigenvalue weighted by Gasteiger charge is 2.39. The number of hydrogen-bond donors (Lipinski definition) is 0. The summed E-state index contributed by atoms with van der Waals surface area (Å²) < 4.78 is 6.78. The van der Waals surface area contributed by atoms with Gasteiger partial charge in [-0.1, -0.05) is 34.1 Å². The first kappa shape index (κ1) is 21.6. The van der Waals surface area contributed by atoms with E-state index in [9.17, 15) is 4.79 Å². The average Bonchev–Trinajstić information content (AvgIpc) is 2.63. The number of amides is 1. The predicted octanol–water partition coefficient (Wildman–Crippen LogP) is 5.49. The van der Waals surface area contributed by atoms with Crippen molar-refractivity contribution in [3.63, 3.8) is 0 Å². The lowest BCUT2D eigenvalue weighted by Crippen LogP contribution is -2.56. The lowest BCUT2D eigenvalue weighted by Gasteiger charge is -2.49. The number of carbonyl (C=O) groups is 1. The number of rotatable bonds is 3. The van der Waals surface area contributed by atoms with Crippen molar-refractivity contribution in [2.24, 2.45) is 5.92 Å². The van der Waals surface area contributed by atoms with E-state index in [2.05, 4.69) is 52.0 Å². The Labute approximate surface area is 178 Å². The molecule has 0 unspecified atom stereocenters. The second-order valence-electron chi connectivity index (χ2n) is 9.69. The molecule has 4 nitrogen and oxygen atoms in total. The fourth-order valence-corrected chi connectivity index (χ4v) is 4.91. The zero-order chi connectivity index (χ0) is 20.4. The Balaban J connectivity index is 1.48. The maximum atomic E-state index is 12.3. The van der Waals surface area contributed by atoms with Gasteiger partial charge in [0.2, 0.25) is 0 Å². The quantitative estimate of drug-likeness (QED) is 0.609. The summed E-state index contributed by atoms with van der Waals surface area (Å²) in [5, 5.41) is 0. The van der Waals surface area contributed by atoms with Gasteiger partial charge in [0, 0.05) is 23.1 Å². The molecule has 1 aromatic carbocycles. The number of piperidine rings is 2. The van der Waals surface area contributed by atoms with Crippen LogP contribution in [0.3, 0.4) is 0 Å². The first-order valence-electron chi connectivity index (χ1n) is 10.6. The van der Waals surface area contributed by atoms with Crippen molar-refractivity contribution in [3.05, 3.63) is 34.3 Å². The summed E-state index contributed by atoms with van der Waals surface area (Å²) in [6.45, 7) is 12.1. The van der Waals surface area contributed by atoms with Crippen LogP contribution in [-0.2, 0) is 11.2 Å². The van der Waals surface area contributed by atoms with Crippen LogP contribution in [-0.4, -0.2) is 53.2 Å². The molecule has 1 aromatic rings. The topological polar surface area (TPSA) is 32.8 Å². The molecule has 0 atom stereocenters. The van der Waals surface area contributed by atoms with Crippen molar-refractivity contribution in [2.75, 3.05) is 26.2 Å². The van der Waals surface area contributed by atoms with Gasteiger partial charge >= 0.3 is 6.09 Å². The van der Waals surface area contributed by atoms with E-state index < -0.39 is 5.60 Å². The van der Waals surface area contributed by atoms with Crippen LogP contribution < -0.4 is 0 Å². The normalized spacial score (nSPS) is 21.5. The molecule has 0 saturated carbocycles. The minimum atomic E-state index is -0.423. The molecule has 0 aliphatic carbocycles. The van der Waals surface area contributed by atoms with Gasteiger partial charge in [-0.05, 0) is 90.4 Å². The molecule has 0 bridgehead atoms. The lowest BCUT2D eigenvalue weighted by molar-refractivity contribution is -0.0105. The van der Waals surface area contributed by atoms with E-state index in [4.69, 9.17) is 4.74 Å². The van der Waals surface area contributed by atoms with Crippen molar-refractivity contribution in [1.82, 2.24) is 9.80 Å². The minimum absolute atomic E-state index is 0.165. The van der Waals surface area contributed by atoms with Gasteiger partial charge in [0.1, 0.15) is 5.60 Å². The Morgan fingerprint density at radius 2 is 1.75 bits per heavy atom. The van der Waals surface area contributed by atoms with Gasteiger partial charge in [0.05, 0.1) is 0 Å². The first-order valence-corrected chi connectivity index (χ1v) is 11.4. The summed E-state index contributed by atoms with van der Waals surface area (Å²) in [4.78, 5) is 16.9. The largest absolute Gasteiger partial charge is 0.444 e. The molecular weight excluding hydrogens is 416 g/mol. The van der Waals surface area contributed by atoms with Crippen molar-refractivity contribution in [2.45, 2.75) is 70.9 Å². The number of carbonyl (C=O) groups excluding carboxylic acids is 1. The van der Waals surface area contributed by atoms with E-state index in [0.717, 1.165) is 44.9 Å². The second-order valence-corrected chi connectivity index (χ2v) is 10.5.